The number of nitrogens with zero attached hydrogens (tertiary/aromatic N) is 1. The lowest BCUT2D eigenvalue weighted by molar-refractivity contribution is 0.397. The number of hydrogen-bond acceptors (Lipinski definition) is 3. The number of aromatic nitrogens is 1. The summed E-state index contributed by atoms with van der Waals surface area (Å²) >= 11 is 0. The molecule has 1 heterocycles. The maximum Gasteiger partial charge on any atom is 0.212 e. The first-order chi connectivity index (χ1) is 9.83. The lowest BCUT2D eigenvalue weighted by Gasteiger charge is -2.18. The number of methoxy groups -OCH3 is 1. The molecule has 1 unspecified atom stereocenters. The molecule has 0 saturated carbocycles. The Morgan fingerprint density at radius 2 is 1.95 bits per heavy atom. The van der Waals surface area contributed by atoms with E-state index >= 15 is 0 Å². The molecule has 106 valence electrons. The maximum absolute atomic E-state index is 5.07. The Balaban J connectivity index is 1.98. The van der Waals surface area contributed by atoms with Crippen LogP contribution in [0.15, 0.2) is 48.7 Å². The average Bonchev–Trinajstić information content (AvgIpc) is 2.53. The average molecular weight is 270 g/mol. The highest BCUT2D eigenvalue weighted by Crippen LogP contribution is 2.19. The molecular formula is C17H22N2O. The molecule has 0 amide bonds. The molecular weight excluding hydrogens is 248 g/mol. The van der Waals surface area contributed by atoms with E-state index in [9.17, 15) is 0 Å². The molecule has 1 atom stereocenters. The highest BCUT2D eigenvalue weighted by Gasteiger charge is 2.09. The molecule has 2 aromatic rings. The highest BCUT2D eigenvalue weighted by molar-refractivity contribution is 5.20. The van der Waals surface area contributed by atoms with Crippen molar-refractivity contribution in [2.24, 2.45) is 0 Å². The Labute approximate surface area is 121 Å². The van der Waals surface area contributed by atoms with Crippen molar-refractivity contribution in [2.45, 2.75) is 32.4 Å². The predicted octanol–water partition coefficient (Wildman–Crippen LogP) is 3.72. The van der Waals surface area contributed by atoms with Gasteiger partial charge in [0, 0.05) is 24.8 Å². The summed E-state index contributed by atoms with van der Waals surface area (Å²) in [5.74, 6) is 0.655. The Bertz CT molecular complexity index is 496. The van der Waals surface area contributed by atoms with Crippen molar-refractivity contribution < 1.29 is 4.74 Å². The van der Waals surface area contributed by atoms with Crippen molar-refractivity contribution in [2.75, 3.05) is 7.11 Å². The van der Waals surface area contributed by atoms with Crippen molar-refractivity contribution >= 4 is 0 Å². The van der Waals surface area contributed by atoms with Gasteiger partial charge in [0.2, 0.25) is 5.88 Å². The number of benzene rings is 1. The minimum absolute atomic E-state index is 0.392. The summed E-state index contributed by atoms with van der Waals surface area (Å²) < 4.78 is 5.07. The summed E-state index contributed by atoms with van der Waals surface area (Å²) in [7, 11) is 1.63. The van der Waals surface area contributed by atoms with Crippen LogP contribution in [0.2, 0.25) is 0 Å². The lowest BCUT2D eigenvalue weighted by Crippen LogP contribution is -2.20. The van der Waals surface area contributed by atoms with Gasteiger partial charge in [-0.1, -0.05) is 49.7 Å². The van der Waals surface area contributed by atoms with Gasteiger partial charge in [-0.2, -0.15) is 0 Å². The van der Waals surface area contributed by atoms with E-state index in [2.05, 4.69) is 47.6 Å². The zero-order chi connectivity index (χ0) is 14.2. The Kier molecular flexibility index (Phi) is 5.56. The van der Waals surface area contributed by atoms with E-state index in [1.165, 1.54) is 11.1 Å². The molecule has 1 N–H and O–H groups in total. The summed E-state index contributed by atoms with van der Waals surface area (Å²) in [6.07, 6.45) is 4.15. The molecule has 0 radical (unpaired) electrons. The van der Waals surface area contributed by atoms with E-state index in [4.69, 9.17) is 4.74 Å². The zero-order valence-electron chi connectivity index (χ0n) is 12.2. The van der Waals surface area contributed by atoms with E-state index < -0.39 is 0 Å². The largest absolute Gasteiger partial charge is 0.481 e. The van der Waals surface area contributed by atoms with Gasteiger partial charge in [-0.15, -0.1) is 0 Å². The fourth-order valence-corrected chi connectivity index (χ4v) is 2.24. The molecule has 0 saturated heterocycles. The zero-order valence-corrected chi connectivity index (χ0v) is 12.2. The van der Waals surface area contributed by atoms with Crippen LogP contribution in [0.5, 0.6) is 5.88 Å². The van der Waals surface area contributed by atoms with E-state index in [-0.39, 0.29) is 0 Å². The Morgan fingerprint density at radius 3 is 2.55 bits per heavy atom. The number of ether oxygens (including phenoxy) is 1. The van der Waals surface area contributed by atoms with Crippen molar-refractivity contribution in [1.29, 1.82) is 0 Å². The number of rotatable bonds is 7. The number of pyridine rings is 1. The van der Waals surface area contributed by atoms with Gasteiger partial charge in [0.1, 0.15) is 0 Å². The number of hydrogen-bond donors (Lipinski definition) is 1. The third kappa shape index (κ3) is 4.07. The van der Waals surface area contributed by atoms with Crippen LogP contribution < -0.4 is 10.1 Å². The molecule has 0 bridgehead atoms. The quantitative estimate of drug-likeness (QED) is 0.832. The van der Waals surface area contributed by atoms with Gasteiger partial charge in [-0.05, 0) is 17.5 Å². The van der Waals surface area contributed by atoms with Crippen LogP contribution in [0, 0.1) is 0 Å². The first kappa shape index (κ1) is 14.5. The van der Waals surface area contributed by atoms with Gasteiger partial charge in [0.15, 0.2) is 0 Å². The summed E-state index contributed by atoms with van der Waals surface area (Å²) in [6.45, 7) is 3.03. The summed E-state index contributed by atoms with van der Waals surface area (Å²) in [5.41, 5.74) is 2.51. The number of nitrogens with one attached hydrogen (secondary N) is 1. The molecule has 0 aliphatic carbocycles. The van der Waals surface area contributed by atoms with Crippen molar-refractivity contribution in [3.63, 3.8) is 0 Å². The fourth-order valence-electron chi connectivity index (χ4n) is 2.24. The lowest BCUT2D eigenvalue weighted by atomic mass is 10.0. The molecule has 0 aliphatic heterocycles. The van der Waals surface area contributed by atoms with E-state index in [1.807, 2.05) is 18.3 Å². The summed E-state index contributed by atoms with van der Waals surface area (Å²) in [4.78, 5) is 4.23. The van der Waals surface area contributed by atoms with E-state index in [0.29, 0.717) is 11.9 Å². The van der Waals surface area contributed by atoms with Gasteiger partial charge in [0.05, 0.1) is 7.11 Å². The smallest absolute Gasteiger partial charge is 0.212 e. The SMILES string of the molecule is CCCC(NCc1ccc(OC)nc1)c1ccccc1. The molecule has 20 heavy (non-hydrogen) atoms. The third-order valence-corrected chi connectivity index (χ3v) is 3.34. The van der Waals surface area contributed by atoms with Gasteiger partial charge >= 0.3 is 0 Å². The van der Waals surface area contributed by atoms with Crippen LogP contribution >= 0.6 is 0 Å². The van der Waals surface area contributed by atoms with Crippen molar-refractivity contribution in [1.82, 2.24) is 10.3 Å². The maximum atomic E-state index is 5.07. The first-order valence-corrected chi connectivity index (χ1v) is 7.10. The summed E-state index contributed by atoms with van der Waals surface area (Å²) in [6, 6.07) is 14.9. The molecule has 0 fully saturated rings. The van der Waals surface area contributed by atoms with Gasteiger partial charge in [0.25, 0.3) is 0 Å². The monoisotopic (exact) mass is 270 g/mol. The highest BCUT2D eigenvalue weighted by atomic mass is 16.5. The van der Waals surface area contributed by atoms with Gasteiger partial charge < -0.3 is 10.1 Å². The molecule has 2 rings (SSSR count). The van der Waals surface area contributed by atoms with Crippen LogP contribution in [0.1, 0.15) is 36.9 Å². The van der Waals surface area contributed by atoms with Crippen LogP contribution in [-0.4, -0.2) is 12.1 Å². The second kappa shape index (κ2) is 7.65. The van der Waals surface area contributed by atoms with Crippen LogP contribution in [0.4, 0.5) is 0 Å². The van der Waals surface area contributed by atoms with Crippen LogP contribution in [0.3, 0.4) is 0 Å². The molecule has 0 spiro atoms. The predicted molar refractivity (Wildman–Crippen MR) is 81.7 cm³/mol. The van der Waals surface area contributed by atoms with Crippen molar-refractivity contribution in [3.8, 4) is 5.88 Å². The Morgan fingerprint density at radius 1 is 1.15 bits per heavy atom. The second-order valence-electron chi connectivity index (χ2n) is 4.84. The standard InChI is InChI=1S/C17H22N2O/c1-3-7-16(15-8-5-4-6-9-15)18-12-14-10-11-17(20-2)19-13-14/h4-6,8-11,13,16,18H,3,7,12H2,1-2H3. The molecule has 3 nitrogen and oxygen atoms in total. The second-order valence-corrected chi connectivity index (χ2v) is 4.84. The van der Waals surface area contributed by atoms with Crippen molar-refractivity contribution in [3.05, 3.63) is 59.8 Å². The summed E-state index contributed by atoms with van der Waals surface area (Å²) in [5, 5.41) is 3.61. The van der Waals surface area contributed by atoms with Crippen LogP contribution in [0.25, 0.3) is 0 Å². The first-order valence-electron chi connectivity index (χ1n) is 7.10. The van der Waals surface area contributed by atoms with E-state index in [1.54, 1.807) is 7.11 Å². The third-order valence-electron chi connectivity index (χ3n) is 3.34. The minimum Gasteiger partial charge on any atom is -0.481 e. The minimum atomic E-state index is 0.392. The van der Waals surface area contributed by atoms with E-state index in [0.717, 1.165) is 19.4 Å². The molecule has 0 aliphatic rings. The molecule has 1 aromatic carbocycles. The normalized spacial score (nSPS) is 12.1. The fraction of sp³-hybridized carbons (Fsp3) is 0.353. The van der Waals surface area contributed by atoms with Gasteiger partial charge in [-0.25, -0.2) is 4.98 Å². The van der Waals surface area contributed by atoms with Crippen LogP contribution in [-0.2, 0) is 6.54 Å². The molecule has 3 heteroatoms. The molecule has 1 aromatic heterocycles. The van der Waals surface area contributed by atoms with Gasteiger partial charge in [-0.3, -0.25) is 0 Å². The Hall–Kier alpha value is -1.87. The topological polar surface area (TPSA) is 34.1 Å².